The molecule has 1 aromatic heterocycles. The summed E-state index contributed by atoms with van der Waals surface area (Å²) in [5.74, 6) is -0.852. The van der Waals surface area contributed by atoms with E-state index in [0.29, 0.717) is 17.7 Å². The van der Waals surface area contributed by atoms with E-state index in [1.807, 2.05) is 7.05 Å². The molecule has 0 saturated carbocycles. The van der Waals surface area contributed by atoms with Gasteiger partial charge in [-0.15, -0.1) is 0 Å². The Morgan fingerprint density at radius 1 is 1.10 bits per heavy atom. The van der Waals surface area contributed by atoms with Gasteiger partial charge in [-0.1, -0.05) is 12.1 Å². The molecule has 0 bridgehead atoms. The highest BCUT2D eigenvalue weighted by atomic mass is 19.4. The maximum Gasteiger partial charge on any atom is 0.416 e. The number of alkyl halides is 3. The molecular weight excluding hydrogens is 530 g/mol. The number of pyridine rings is 1. The predicted octanol–water partition coefficient (Wildman–Crippen LogP) is 5.50. The molecule has 0 unspecified atom stereocenters. The Hall–Kier alpha value is -3.86. The van der Waals surface area contributed by atoms with E-state index >= 15 is 0 Å². The Kier molecular flexibility index (Phi) is 9.14. The van der Waals surface area contributed by atoms with Crippen molar-refractivity contribution in [3.8, 4) is 22.6 Å². The zero-order valence-corrected chi connectivity index (χ0v) is 22.2. The van der Waals surface area contributed by atoms with Crippen molar-refractivity contribution in [2.75, 3.05) is 38.7 Å². The van der Waals surface area contributed by atoms with E-state index in [0.717, 1.165) is 38.1 Å². The van der Waals surface area contributed by atoms with Crippen molar-refractivity contribution in [2.45, 2.75) is 32.4 Å². The number of nitrogens with zero attached hydrogens (tertiary/aromatic N) is 1. The van der Waals surface area contributed by atoms with Crippen molar-refractivity contribution in [3.63, 3.8) is 0 Å². The van der Waals surface area contributed by atoms with E-state index in [4.69, 9.17) is 9.47 Å². The number of hydrogen-bond donors (Lipinski definition) is 2. The molecule has 1 aliphatic rings. The molecule has 11 heteroatoms. The predicted molar refractivity (Wildman–Crippen MR) is 143 cm³/mol. The molecule has 1 saturated heterocycles. The molecule has 2 heterocycles. The summed E-state index contributed by atoms with van der Waals surface area (Å²) in [5, 5.41) is 2.44. The first kappa shape index (κ1) is 29.1. The molecular formula is C29H31F4N3O4. The fourth-order valence-corrected chi connectivity index (χ4v) is 4.55. The highest BCUT2D eigenvalue weighted by Crippen LogP contribution is 2.35. The Balaban J connectivity index is 1.47. The van der Waals surface area contributed by atoms with Crippen molar-refractivity contribution < 1.29 is 31.8 Å². The first-order valence-corrected chi connectivity index (χ1v) is 13.0. The first-order valence-electron chi connectivity index (χ1n) is 13.0. The number of likely N-dealkylation sites (tertiary alicyclic amines) is 1. The van der Waals surface area contributed by atoms with Crippen LogP contribution in [0.15, 0.2) is 53.5 Å². The topological polar surface area (TPSA) is 83.7 Å². The molecule has 40 heavy (non-hydrogen) atoms. The summed E-state index contributed by atoms with van der Waals surface area (Å²) in [6.07, 6.45) is -1.86. The maximum absolute atomic E-state index is 15.0. The van der Waals surface area contributed by atoms with Crippen LogP contribution in [0, 0.1) is 11.7 Å². The number of aromatic nitrogens is 1. The number of amides is 1. The van der Waals surface area contributed by atoms with Gasteiger partial charge in [0.2, 0.25) is 5.91 Å². The van der Waals surface area contributed by atoms with Gasteiger partial charge < -0.3 is 24.7 Å². The Labute approximate surface area is 229 Å². The van der Waals surface area contributed by atoms with Crippen LogP contribution >= 0.6 is 0 Å². The summed E-state index contributed by atoms with van der Waals surface area (Å²) >= 11 is 0. The SMILES string of the molecule is CCOc1cc(=O)[nH]cc1-c1ccc(CC(=O)Nc2cc(OCC3CCN(C)CC3)cc(C(F)(F)F)c2)c(F)c1. The number of nitrogens with one attached hydrogen (secondary N) is 2. The van der Waals surface area contributed by atoms with Gasteiger partial charge in [-0.05, 0) is 75.1 Å². The molecule has 214 valence electrons. The van der Waals surface area contributed by atoms with Gasteiger partial charge >= 0.3 is 6.18 Å². The molecule has 7 nitrogen and oxygen atoms in total. The van der Waals surface area contributed by atoms with Gasteiger partial charge in [0.15, 0.2) is 0 Å². The van der Waals surface area contributed by atoms with Crippen molar-refractivity contribution in [3.05, 3.63) is 76.0 Å². The Morgan fingerprint density at radius 3 is 2.52 bits per heavy atom. The highest BCUT2D eigenvalue weighted by Gasteiger charge is 2.32. The minimum atomic E-state index is -4.64. The van der Waals surface area contributed by atoms with Crippen LogP contribution in [0.3, 0.4) is 0 Å². The van der Waals surface area contributed by atoms with Crippen LogP contribution in [0.5, 0.6) is 11.5 Å². The lowest BCUT2D eigenvalue weighted by molar-refractivity contribution is -0.137. The lowest BCUT2D eigenvalue weighted by Gasteiger charge is -2.28. The molecule has 0 radical (unpaired) electrons. The second kappa shape index (κ2) is 12.5. The molecule has 2 aromatic carbocycles. The van der Waals surface area contributed by atoms with Gasteiger partial charge in [0.1, 0.15) is 17.3 Å². The van der Waals surface area contributed by atoms with Gasteiger partial charge in [0.05, 0.1) is 25.2 Å². The van der Waals surface area contributed by atoms with Crippen molar-refractivity contribution in [1.29, 1.82) is 0 Å². The number of anilines is 1. The summed E-state index contributed by atoms with van der Waals surface area (Å²) in [7, 11) is 2.02. The van der Waals surface area contributed by atoms with E-state index in [1.165, 1.54) is 30.5 Å². The van der Waals surface area contributed by atoms with Crippen LogP contribution < -0.4 is 20.3 Å². The number of benzene rings is 2. The average Bonchev–Trinajstić information content (AvgIpc) is 2.89. The van der Waals surface area contributed by atoms with Crippen molar-refractivity contribution in [2.24, 2.45) is 5.92 Å². The third kappa shape index (κ3) is 7.62. The summed E-state index contributed by atoms with van der Waals surface area (Å²) < 4.78 is 66.8. The van der Waals surface area contributed by atoms with Gasteiger partial charge in [-0.3, -0.25) is 9.59 Å². The van der Waals surface area contributed by atoms with Gasteiger partial charge in [-0.25, -0.2) is 4.39 Å². The number of aromatic amines is 1. The number of halogens is 4. The molecule has 1 aliphatic heterocycles. The highest BCUT2D eigenvalue weighted by molar-refractivity contribution is 5.92. The van der Waals surface area contributed by atoms with Crippen LogP contribution in [-0.4, -0.2) is 49.1 Å². The van der Waals surface area contributed by atoms with E-state index in [9.17, 15) is 27.2 Å². The third-order valence-corrected chi connectivity index (χ3v) is 6.74. The number of carbonyl (C=O) groups is 1. The number of ether oxygens (including phenoxy) is 2. The second-order valence-corrected chi connectivity index (χ2v) is 9.84. The smallest absolute Gasteiger partial charge is 0.416 e. The molecule has 4 rings (SSSR count). The number of hydrogen-bond acceptors (Lipinski definition) is 5. The summed E-state index contributed by atoms with van der Waals surface area (Å²) in [6.45, 7) is 4.13. The summed E-state index contributed by atoms with van der Waals surface area (Å²) in [6, 6.07) is 8.53. The molecule has 1 fully saturated rings. The number of H-pyrrole nitrogens is 1. The zero-order valence-electron chi connectivity index (χ0n) is 22.2. The first-order chi connectivity index (χ1) is 19.0. The van der Waals surface area contributed by atoms with E-state index < -0.39 is 29.9 Å². The lowest BCUT2D eigenvalue weighted by atomic mass is 9.98. The second-order valence-electron chi connectivity index (χ2n) is 9.84. The maximum atomic E-state index is 15.0. The van der Waals surface area contributed by atoms with Crippen molar-refractivity contribution >= 4 is 11.6 Å². The van der Waals surface area contributed by atoms with E-state index in [2.05, 4.69) is 15.2 Å². The molecule has 0 aliphatic carbocycles. The standard InChI is InChI=1S/C29H31F4N3O4/c1-3-39-26-15-27(37)34-16-24(26)19-4-5-20(25(30)10-19)11-28(38)35-22-12-21(29(31,32)33)13-23(14-22)40-17-18-6-8-36(2)9-7-18/h4-5,10,12-16,18H,3,6-9,11,17H2,1-2H3,(H,34,37)(H,35,38). The van der Waals surface area contributed by atoms with Crippen LogP contribution in [0.25, 0.3) is 11.1 Å². The lowest BCUT2D eigenvalue weighted by Crippen LogP contribution is -2.32. The molecule has 2 N–H and O–H groups in total. The summed E-state index contributed by atoms with van der Waals surface area (Å²) in [5.41, 5.74) is -0.478. The number of piperidine rings is 1. The fraction of sp³-hybridized carbons (Fsp3) is 0.379. The molecule has 0 spiro atoms. The van der Waals surface area contributed by atoms with Crippen LogP contribution in [-0.2, 0) is 17.4 Å². The molecule has 3 aromatic rings. The molecule has 1 amide bonds. The Bertz CT molecular complexity index is 1400. The third-order valence-electron chi connectivity index (χ3n) is 6.74. The van der Waals surface area contributed by atoms with Crippen LogP contribution in [0.1, 0.15) is 30.9 Å². The van der Waals surface area contributed by atoms with E-state index in [-0.39, 0.29) is 40.8 Å². The van der Waals surface area contributed by atoms with Crippen LogP contribution in [0.4, 0.5) is 23.2 Å². The Morgan fingerprint density at radius 2 is 1.85 bits per heavy atom. The molecule has 0 atom stereocenters. The average molecular weight is 562 g/mol. The quantitative estimate of drug-likeness (QED) is 0.337. The monoisotopic (exact) mass is 561 g/mol. The minimum absolute atomic E-state index is 0.00518. The normalized spacial score (nSPS) is 14.7. The summed E-state index contributed by atoms with van der Waals surface area (Å²) in [4.78, 5) is 29.1. The van der Waals surface area contributed by atoms with Crippen molar-refractivity contribution in [1.82, 2.24) is 9.88 Å². The van der Waals surface area contributed by atoms with E-state index in [1.54, 1.807) is 13.0 Å². The number of rotatable bonds is 9. The number of carbonyl (C=O) groups excluding carboxylic acids is 1. The van der Waals surface area contributed by atoms with Gasteiger partial charge in [0.25, 0.3) is 5.56 Å². The zero-order chi connectivity index (χ0) is 28.9. The van der Waals surface area contributed by atoms with Gasteiger partial charge in [-0.2, -0.15) is 13.2 Å². The largest absolute Gasteiger partial charge is 0.493 e. The fourth-order valence-electron chi connectivity index (χ4n) is 4.55. The van der Waals surface area contributed by atoms with Gasteiger partial charge in [0, 0.05) is 29.6 Å². The minimum Gasteiger partial charge on any atom is -0.493 e. The van der Waals surface area contributed by atoms with Crippen LogP contribution in [0.2, 0.25) is 0 Å².